The Kier molecular flexibility index (Phi) is 4.10. The van der Waals surface area contributed by atoms with Gasteiger partial charge in [-0.3, -0.25) is 14.4 Å². The van der Waals surface area contributed by atoms with Crippen molar-refractivity contribution in [2.75, 3.05) is 16.8 Å². The fourth-order valence-electron chi connectivity index (χ4n) is 3.21. The Morgan fingerprint density at radius 2 is 2.07 bits per heavy atom. The topological polar surface area (TPSA) is 63.1 Å². The lowest BCUT2D eigenvalue weighted by atomic mass is 10.2. The number of carbonyl (C=O) groups excluding carboxylic acids is 1. The van der Waals surface area contributed by atoms with Crippen molar-refractivity contribution in [2.45, 2.75) is 25.6 Å². The average Bonchev–Trinajstić information content (AvgIpc) is 3.24. The van der Waals surface area contributed by atoms with Crippen LogP contribution < -0.4 is 10.2 Å². The molecule has 1 N–H and O–H groups in total. The SMILES string of the molecule is Cc1cc(N2CCC(Nc3nc4cc(C(F)(F)F)ccc4s3)C2=O)n(C)n1. The van der Waals surface area contributed by atoms with E-state index in [0.29, 0.717) is 22.8 Å². The number of benzene rings is 1. The Balaban J connectivity index is 1.54. The van der Waals surface area contributed by atoms with Crippen LogP contribution in [0.1, 0.15) is 17.7 Å². The molecule has 4 rings (SSSR count). The zero-order chi connectivity index (χ0) is 19.3. The molecular formula is C17H16F3N5OS. The van der Waals surface area contributed by atoms with E-state index >= 15 is 0 Å². The van der Waals surface area contributed by atoms with Crippen molar-refractivity contribution < 1.29 is 18.0 Å². The Bertz CT molecular complexity index is 1030. The molecule has 1 amide bonds. The van der Waals surface area contributed by atoms with Crippen LogP contribution in [0.5, 0.6) is 0 Å². The minimum absolute atomic E-state index is 0.103. The van der Waals surface area contributed by atoms with Crippen molar-refractivity contribution in [1.82, 2.24) is 14.8 Å². The summed E-state index contributed by atoms with van der Waals surface area (Å²) in [5.41, 5.74) is 0.354. The molecule has 142 valence electrons. The van der Waals surface area contributed by atoms with Gasteiger partial charge < -0.3 is 5.32 Å². The molecule has 27 heavy (non-hydrogen) atoms. The second-order valence-corrected chi connectivity index (χ2v) is 7.47. The number of alkyl halides is 3. The minimum Gasteiger partial charge on any atom is -0.350 e. The summed E-state index contributed by atoms with van der Waals surface area (Å²) in [4.78, 5) is 18.6. The summed E-state index contributed by atoms with van der Waals surface area (Å²) in [5, 5.41) is 7.76. The number of halogens is 3. The van der Waals surface area contributed by atoms with E-state index in [9.17, 15) is 18.0 Å². The number of thiazole rings is 1. The molecule has 3 aromatic rings. The third-order valence-electron chi connectivity index (χ3n) is 4.47. The number of nitrogens with zero attached hydrogens (tertiary/aromatic N) is 4. The molecule has 2 aromatic heterocycles. The van der Waals surface area contributed by atoms with Gasteiger partial charge in [0.25, 0.3) is 5.91 Å². The highest BCUT2D eigenvalue weighted by Crippen LogP contribution is 2.34. The summed E-state index contributed by atoms with van der Waals surface area (Å²) in [7, 11) is 1.78. The van der Waals surface area contributed by atoms with Gasteiger partial charge in [0, 0.05) is 19.7 Å². The third kappa shape index (κ3) is 3.25. The van der Waals surface area contributed by atoms with Crippen LogP contribution >= 0.6 is 11.3 Å². The van der Waals surface area contributed by atoms with E-state index in [1.807, 2.05) is 13.0 Å². The summed E-state index contributed by atoms with van der Waals surface area (Å²) in [6.45, 7) is 2.40. The number of hydrogen-bond acceptors (Lipinski definition) is 5. The van der Waals surface area contributed by atoms with Crippen LogP contribution in [0.2, 0.25) is 0 Å². The number of fused-ring (bicyclic) bond motifs is 1. The molecule has 3 heterocycles. The minimum atomic E-state index is -4.41. The Labute approximate surface area is 156 Å². The van der Waals surface area contributed by atoms with E-state index in [1.54, 1.807) is 16.6 Å². The number of amides is 1. The fraction of sp³-hybridized carbons (Fsp3) is 0.353. The normalized spacial score (nSPS) is 17.9. The molecule has 1 atom stereocenters. The highest BCUT2D eigenvalue weighted by molar-refractivity contribution is 7.22. The number of aryl methyl sites for hydroxylation is 2. The van der Waals surface area contributed by atoms with Crippen molar-refractivity contribution in [2.24, 2.45) is 7.05 Å². The lowest BCUT2D eigenvalue weighted by Gasteiger charge is -2.16. The standard InChI is InChI=1S/C17H16F3N5OS/c1-9-7-14(24(2)23-9)25-6-5-11(15(25)26)21-16-22-12-8-10(17(18,19)20)3-4-13(12)27-16/h3-4,7-8,11H,5-6H2,1-2H3,(H,21,22). The van der Waals surface area contributed by atoms with Crippen molar-refractivity contribution in [3.05, 3.63) is 35.5 Å². The molecule has 1 saturated heterocycles. The Morgan fingerprint density at radius 1 is 1.30 bits per heavy atom. The molecule has 1 fully saturated rings. The van der Waals surface area contributed by atoms with Gasteiger partial charge in [-0.25, -0.2) is 4.98 Å². The number of anilines is 2. The van der Waals surface area contributed by atoms with Gasteiger partial charge in [0.2, 0.25) is 0 Å². The summed E-state index contributed by atoms with van der Waals surface area (Å²) >= 11 is 1.23. The zero-order valence-corrected chi connectivity index (χ0v) is 15.4. The second-order valence-electron chi connectivity index (χ2n) is 6.44. The van der Waals surface area contributed by atoms with Crippen molar-refractivity contribution in [3.63, 3.8) is 0 Å². The van der Waals surface area contributed by atoms with Gasteiger partial charge in [0.15, 0.2) is 5.13 Å². The second kappa shape index (κ2) is 6.22. The maximum Gasteiger partial charge on any atom is 0.416 e. The van der Waals surface area contributed by atoms with E-state index in [-0.39, 0.29) is 11.4 Å². The number of rotatable bonds is 3. The summed E-state index contributed by atoms with van der Waals surface area (Å²) in [6, 6.07) is 4.84. The average molecular weight is 395 g/mol. The first-order valence-electron chi connectivity index (χ1n) is 8.29. The number of carbonyl (C=O) groups is 1. The first-order chi connectivity index (χ1) is 12.7. The lowest BCUT2D eigenvalue weighted by molar-refractivity contribution is -0.137. The van der Waals surface area contributed by atoms with E-state index in [0.717, 1.165) is 23.6 Å². The molecule has 10 heteroatoms. The molecular weight excluding hydrogens is 379 g/mol. The molecule has 6 nitrogen and oxygen atoms in total. The molecule has 1 unspecified atom stereocenters. The predicted octanol–water partition coefficient (Wildman–Crippen LogP) is 3.57. The van der Waals surface area contributed by atoms with E-state index in [1.165, 1.54) is 17.4 Å². The van der Waals surface area contributed by atoms with Crippen LogP contribution in [0.3, 0.4) is 0 Å². The quantitative estimate of drug-likeness (QED) is 0.737. The third-order valence-corrected chi connectivity index (χ3v) is 5.44. The van der Waals surface area contributed by atoms with Crippen LogP contribution in [-0.4, -0.2) is 33.3 Å². The van der Waals surface area contributed by atoms with Gasteiger partial charge in [-0.15, -0.1) is 0 Å². The van der Waals surface area contributed by atoms with E-state index in [4.69, 9.17) is 0 Å². The number of nitrogens with one attached hydrogen (secondary N) is 1. The molecule has 1 aliphatic heterocycles. The molecule has 0 bridgehead atoms. The number of aromatic nitrogens is 3. The maximum absolute atomic E-state index is 12.8. The molecule has 0 spiro atoms. The molecule has 0 radical (unpaired) electrons. The highest BCUT2D eigenvalue weighted by Gasteiger charge is 2.35. The smallest absolute Gasteiger partial charge is 0.350 e. The molecule has 0 saturated carbocycles. The van der Waals surface area contributed by atoms with Crippen molar-refractivity contribution in [3.8, 4) is 0 Å². The van der Waals surface area contributed by atoms with E-state index < -0.39 is 17.8 Å². The largest absolute Gasteiger partial charge is 0.416 e. The van der Waals surface area contributed by atoms with Gasteiger partial charge >= 0.3 is 6.18 Å². The van der Waals surface area contributed by atoms with Crippen molar-refractivity contribution in [1.29, 1.82) is 0 Å². The van der Waals surface area contributed by atoms with Crippen molar-refractivity contribution >= 4 is 38.4 Å². The van der Waals surface area contributed by atoms with Crippen LogP contribution in [0.15, 0.2) is 24.3 Å². The summed E-state index contributed by atoms with van der Waals surface area (Å²) < 4.78 is 40.8. The molecule has 1 aromatic carbocycles. The highest BCUT2D eigenvalue weighted by atomic mass is 32.1. The van der Waals surface area contributed by atoms with Gasteiger partial charge in [0.05, 0.1) is 21.5 Å². The lowest BCUT2D eigenvalue weighted by Crippen LogP contribution is -2.34. The number of hydrogen-bond donors (Lipinski definition) is 1. The zero-order valence-electron chi connectivity index (χ0n) is 14.5. The van der Waals surface area contributed by atoms with E-state index in [2.05, 4.69) is 15.4 Å². The monoisotopic (exact) mass is 395 g/mol. The van der Waals surface area contributed by atoms with Gasteiger partial charge in [-0.2, -0.15) is 18.3 Å². The first kappa shape index (κ1) is 17.8. The summed E-state index contributed by atoms with van der Waals surface area (Å²) in [6.07, 6.45) is -3.83. The van der Waals surface area contributed by atoms with Crippen LogP contribution in [0.25, 0.3) is 10.2 Å². The fourth-order valence-corrected chi connectivity index (χ4v) is 4.10. The first-order valence-corrected chi connectivity index (χ1v) is 9.10. The van der Waals surface area contributed by atoms with Gasteiger partial charge in [-0.1, -0.05) is 11.3 Å². The van der Waals surface area contributed by atoms with Crippen LogP contribution in [0.4, 0.5) is 24.1 Å². The maximum atomic E-state index is 12.8. The Hall–Kier alpha value is -2.62. The van der Waals surface area contributed by atoms with Crippen LogP contribution in [-0.2, 0) is 18.0 Å². The van der Waals surface area contributed by atoms with Gasteiger partial charge in [-0.05, 0) is 31.5 Å². The Morgan fingerprint density at radius 3 is 2.74 bits per heavy atom. The predicted molar refractivity (Wildman–Crippen MR) is 96.9 cm³/mol. The summed E-state index contributed by atoms with van der Waals surface area (Å²) in [5.74, 6) is 0.620. The van der Waals surface area contributed by atoms with Crippen LogP contribution in [0, 0.1) is 6.92 Å². The molecule has 1 aliphatic rings. The molecule has 0 aliphatic carbocycles. The van der Waals surface area contributed by atoms with Gasteiger partial charge in [0.1, 0.15) is 11.9 Å².